The van der Waals surface area contributed by atoms with E-state index in [1.165, 1.54) is 11.3 Å². The first-order valence-electron chi connectivity index (χ1n) is 21.3. The second kappa shape index (κ2) is 19.8. The van der Waals surface area contributed by atoms with Crippen LogP contribution in [0.25, 0.3) is 0 Å². The summed E-state index contributed by atoms with van der Waals surface area (Å²) >= 11 is 6.17. The molecule has 62 heavy (non-hydrogen) atoms. The summed E-state index contributed by atoms with van der Waals surface area (Å²) in [6, 6.07) is 30.6. The number of carbonyl (C=O) groups is 3. The highest BCUT2D eigenvalue weighted by atomic mass is 35.5. The number of imide groups is 1. The van der Waals surface area contributed by atoms with Gasteiger partial charge in [-0.2, -0.15) is 4.98 Å². The molecule has 4 aromatic carbocycles. The van der Waals surface area contributed by atoms with Gasteiger partial charge in [-0.3, -0.25) is 29.5 Å². The number of para-hydroxylation sites is 1. The Kier molecular flexibility index (Phi) is 13.7. The summed E-state index contributed by atoms with van der Waals surface area (Å²) in [6.07, 6.45) is 4.36. The van der Waals surface area contributed by atoms with Crippen LogP contribution in [-0.2, 0) is 16.1 Å². The summed E-state index contributed by atoms with van der Waals surface area (Å²) in [5.41, 5.74) is 5.65. The Bertz CT molecular complexity index is 2330. The number of piperidine rings is 2. The molecule has 15 heteroatoms. The standard InChI is InChI=1S/C47H52ClFN10O3/c1-56(37-20-22-57(23-21-37)24-25-58-26-28-59(29-27-58)38-16-10-33(11-17-38)39-18-19-43(60)54-46(39)62)31-32-6-12-36(13-7-32)52-47-50-30-41(49)44(55-47)51-35-14-8-34(9-15-35)45(61)53-42-5-3-2-4-40(42)48/h2-17,30,37,39H,18-29,31H2,1H3,(H,53,61)(H,54,60,62)(H2,50,51,52,55). The zero-order valence-corrected chi connectivity index (χ0v) is 35.6. The van der Waals surface area contributed by atoms with Crippen LogP contribution in [-0.4, -0.2) is 108 Å². The number of anilines is 6. The predicted molar refractivity (Wildman–Crippen MR) is 242 cm³/mol. The Balaban J connectivity index is 0.738. The Morgan fingerprint density at radius 2 is 1.48 bits per heavy atom. The van der Waals surface area contributed by atoms with E-state index in [0.29, 0.717) is 40.8 Å². The van der Waals surface area contributed by atoms with E-state index < -0.39 is 5.82 Å². The zero-order valence-electron chi connectivity index (χ0n) is 34.8. The largest absolute Gasteiger partial charge is 0.369 e. The van der Waals surface area contributed by atoms with Gasteiger partial charge in [-0.25, -0.2) is 9.37 Å². The number of likely N-dealkylation sites (tertiary alicyclic amines) is 1. The van der Waals surface area contributed by atoms with E-state index in [2.05, 4.69) is 82.1 Å². The average Bonchev–Trinajstić information content (AvgIpc) is 3.29. The molecule has 1 aromatic heterocycles. The summed E-state index contributed by atoms with van der Waals surface area (Å²) in [7, 11) is 2.21. The smallest absolute Gasteiger partial charge is 0.255 e. The first-order valence-corrected chi connectivity index (χ1v) is 21.7. The van der Waals surface area contributed by atoms with Gasteiger partial charge in [0.25, 0.3) is 5.91 Å². The van der Waals surface area contributed by atoms with Crippen molar-refractivity contribution in [1.29, 1.82) is 0 Å². The van der Waals surface area contributed by atoms with Crippen LogP contribution in [0.2, 0.25) is 5.02 Å². The van der Waals surface area contributed by atoms with Crippen molar-refractivity contribution in [3.8, 4) is 0 Å². The molecular weight excluding hydrogens is 807 g/mol. The van der Waals surface area contributed by atoms with E-state index in [4.69, 9.17) is 11.6 Å². The molecule has 1 atom stereocenters. The Morgan fingerprint density at radius 1 is 0.823 bits per heavy atom. The molecule has 0 radical (unpaired) electrons. The molecule has 3 amide bonds. The maximum Gasteiger partial charge on any atom is 0.255 e. The minimum Gasteiger partial charge on any atom is -0.369 e. The minimum atomic E-state index is -0.607. The van der Waals surface area contributed by atoms with Crippen molar-refractivity contribution in [1.82, 2.24) is 30.0 Å². The fraction of sp³-hybridized carbons (Fsp3) is 0.340. The molecule has 0 spiro atoms. The van der Waals surface area contributed by atoms with Crippen LogP contribution in [0.15, 0.2) is 103 Å². The highest BCUT2D eigenvalue weighted by Crippen LogP contribution is 2.28. The van der Waals surface area contributed by atoms with Crippen LogP contribution >= 0.6 is 11.6 Å². The number of nitrogens with one attached hydrogen (secondary N) is 4. The van der Waals surface area contributed by atoms with Crippen molar-refractivity contribution in [3.63, 3.8) is 0 Å². The number of rotatable bonds is 14. The van der Waals surface area contributed by atoms with Crippen LogP contribution < -0.4 is 26.2 Å². The SMILES string of the molecule is CN(Cc1ccc(Nc2ncc(F)c(Nc3ccc(C(=O)Nc4ccccc4Cl)cc3)n2)cc1)C1CCN(CCN2CCN(c3ccc(C4CCC(=O)NC4=O)cc3)CC2)CC1. The van der Waals surface area contributed by atoms with E-state index in [-0.39, 0.29) is 35.4 Å². The molecule has 0 bridgehead atoms. The van der Waals surface area contributed by atoms with Gasteiger partial charge < -0.3 is 25.8 Å². The Morgan fingerprint density at radius 3 is 2.18 bits per heavy atom. The van der Waals surface area contributed by atoms with Gasteiger partial charge >= 0.3 is 0 Å². The molecule has 4 N–H and O–H groups in total. The molecule has 322 valence electrons. The quantitative estimate of drug-likeness (QED) is 0.0841. The summed E-state index contributed by atoms with van der Waals surface area (Å²) in [5.74, 6) is -1.28. The van der Waals surface area contributed by atoms with Crippen LogP contribution in [0.1, 0.15) is 53.1 Å². The topological polar surface area (TPSA) is 138 Å². The van der Waals surface area contributed by atoms with Crippen molar-refractivity contribution < 1.29 is 18.8 Å². The fourth-order valence-corrected chi connectivity index (χ4v) is 8.56. The lowest BCUT2D eigenvalue weighted by atomic mass is 9.90. The molecule has 1 unspecified atom stereocenters. The number of nitrogens with zero attached hydrogens (tertiary/aromatic N) is 6. The second-order valence-electron chi connectivity index (χ2n) is 16.3. The normalized spacial score (nSPS) is 17.8. The lowest BCUT2D eigenvalue weighted by Gasteiger charge is -2.39. The van der Waals surface area contributed by atoms with Crippen LogP contribution in [0.3, 0.4) is 0 Å². The molecule has 5 aromatic rings. The first-order chi connectivity index (χ1) is 30.1. The van der Waals surface area contributed by atoms with Crippen molar-refractivity contribution in [2.45, 2.75) is 44.2 Å². The zero-order chi connectivity index (χ0) is 43.0. The highest BCUT2D eigenvalue weighted by molar-refractivity contribution is 6.33. The predicted octanol–water partition coefficient (Wildman–Crippen LogP) is 7.25. The van der Waals surface area contributed by atoms with Gasteiger partial charge in [0.15, 0.2) is 11.6 Å². The number of piperazine rings is 1. The second-order valence-corrected chi connectivity index (χ2v) is 16.7. The molecule has 0 saturated carbocycles. The van der Waals surface area contributed by atoms with Crippen molar-refractivity contribution >= 4 is 63.8 Å². The number of amides is 3. The van der Waals surface area contributed by atoms with Gasteiger partial charge in [0.05, 0.1) is 22.8 Å². The van der Waals surface area contributed by atoms with E-state index in [1.807, 2.05) is 24.3 Å². The first kappa shape index (κ1) is 42.7. The van der Waals surface area contributed by atoms with E-state index in [0.717, 1.165) is 89.2 Å². The average molecular weight is 859 g/mol. The summed E-state index contributed by atoms with van der Waals surface area (Å²) in [5, 5.41) is 11.9. The molecule has 3 fully saturated rings. The van der Waals surface area contributed by atoms with Crippen molar-refractivity contribution in [2.24, 2.45) is 0 Å². The van der Waals surface area contributed by atoms with Gasteiger partial charge in [0.1, 0.15) is 0 Å². The summed E-state index contributed by atoms with van der Waals surface area (Å²) in [6.45, 7) is 9.22. The van der Waals surface area contributed by atoms with Gasteiger partial charge in [0.2, 0.25) is 17.8 Å². The third-order valence-electron chi connectivity index (χ3n) is 12.1. The lowest BCUT2D eigenvalue weighted by Crippen LogP contribution is -2.50. The molecule has 3 aliphatic rings. The van der Waals surface area contributed by atoms with E-state index >= 15 is 0 Å². The third kappa shape index (κ3) is 10.9. The molecule has 4 heterocycles. The number of halogens is 2. The number of hydrogen-bond donors (Lipinski definition) is 4. The molecule has 0 aliphatic carbocycles. The number of aromatic nitrogens is 2. The van der Waals surface area contributed by atoms with Gasteiger partial charge in [-0.15, -0.1) is 0 Å². The van der Waals surface area contributed by atoms with Crippen LogP contribution in [0.5, 0.6) is 0 Å². The summed E-state index contributed by atoms with van der Waals surface area (Å²) < 4.78 is 14.8. The third-order valence-corrected chi connectivity index (χ3v) is 12.4. The maximum absolute atomic E-state index is 14.8. The minimum absolute atomic E-state index is 0.00691. The van der Waals surface area contributed by atoms with Gasteiger partial charge in [-0.1, -0.05) is 48.0 Å². The number of carbonyl (C=O) groups excluding carboxylic acids is 3. The maximum atomic E-state index is 14.8. The highest BCUT2D eigenvalue weighted by Gasteiger charge is 2.28. The molecular formula is C47H52ClFN10O3. The Hall–Kier alpha value is -5.93. The molecule has 3 aliphatic heterocycles. The van der Waals surface area contributed by atoms with E-state index in [1.54, 1.807) is 48.5 Å². The van der Waals surface area contributed by atoms with Crippen LogP contribution in [0.4, 0.5) is 38.9 Å². The summed E-state index contributed by atoms with van der Waals surface area (Å²) in [4.78, 5) is 55.1. The molecule has 13 nitrogen and oxygen atoms in total. The molecule has 3 saturated heterocycles. The van der Waals surface area contributed by atoms with Gasteiger partial charge in [-0.05, 0) is 111 Å². The number of benzene rings is 4. The van der Waals surface area contributed by atoms with Crippen molar-refractivity contribution in [2.75, 3.05) is 80.3 Å². The van der Waals surface area contributed by atoms with Gasteiger partial charge in [0, 0.05) is 80.9 Å². The van der Waals surface area contributed by atoms with Crippen LogP contribution in [0, 0.1) is 5.82 Å². The van der Waals surface area contributed by atoms with E-state index in [9.17, 15) is 18.8 Å². The molecule has 8 rings (SSSR count). The lowest BCUT2D eigenvalue weighted by molar-refractivity contribution is -0.134. The number of hydrogen-bond acceptors (Lipinski definition) is 11. The fourth-order valence-electron chi connectivity index (χ4n) is 8.38. The monoisotopic (exact) mass is 858 g/mol. The Labute approximate surface area is 366 Å². The van der Waals surface area contributed by atoms with Crippen molar-refractivity contribution in [3.05, 3.63) is 131 Å².